The van der Waals surface area contributed by atoms with Crippen LogP contribution in [-0.2, 0) is 0 Å². The molecule has 2 aromatic rings. The first-order valence-corrected chi connectivity index (χ1v) is 6.50. The average molecular weight is 318 g/mol. The number of halogens is 2. The first kappa shape index (κ1) is 13.8. The zero-order valence-corrected chi connectivity index (χ0v) is 11.5. The van der Waals surface area contributed by atoms with Crippen molar-refractivity contribution in [2.45, 2.75) is 0 Å². The zero-order chi connectivity index (χ0) is 14.0. The summed E-state index contributed by atoms with van der Waals surface area (Å²) in [7, 11) is 0. The van der Waals surface area contributed by atoms with Crippen molar-refractivity contribution < 1.29 is 14.5 Å². The summed E-state index contributed by atoms with van der Waals surface area (Å²) in [6, 6.07) is 3.82. The maximum absolute atomic E-state index is 10.6. The second kappa shape index (κ2) is 5.56. The molecule has 0 fully saturated rings. The summed E-state index contributed by atoms with van der Waals surface area (Å²) < 4.78 is 5.42. The molecule has 5 nitrogen and oxygen atoms in total. The largest absolute Gasteiger partial charge is 0.453 e. The van der Waals surface area contributed by atoms with Gasteiger partial charge in [-0.3, -0.25) is 14.9 Å². The van der Waals surface area contributed by atoms with Gasteiger partial charge in [0.1, 0.15) is 5.75 Å². The number of benzene rings is 1. The van der Waals surface area contributed by atoms with E-state index in [1.807, 2.05) is 0 Å². The van der Waals surface area contributed by atoms with E-state index in [2.05, 4.69) is 0 Å². The van der Waals surface area contributed by atoms with Crippen molar-refractivity contribution in [3.63, 3.8) is 0 Å². The van der Waals surface area contributed by atoms with E-state index >= 15 is 0 Å². The second-order valence-electron chi connectivity index (χ2n) is 3.40. The molecule has 0 unspecified atom stereocenters. The van der Waals surface area contributed by atoms with Crippen molar-refractivity contribution in [3.05, 3.63) is 48.6 Å². The summed E-state index contributed by atoms with van der Waals surface area (Å²) in [5, 5.41) is 12.3. The molecule has 0 saturated carbocycles. The molecule has 98 valence electrons. The molecule has 1 heterocycles. The molecule has 0 aliphatic heterocycles. The number of hydrogen-bond acceptors (Lipinski definition) is 5. The van der Waals surface area contributed by atoms with Crippen LogP contribution in [0.25, 0.3) is 0 Å². The zero-order valence-electron chi connectivity index (χ0n) is 9.13. The number of nitro benzene ring substituents is 1. The highest BCUT2D eigenvalue weighted by atomic mass is 35.5. The Labute approximate surface area is 121 Å². The van der Waals surface area contributed by atoms with Gasteiger partial charge in [0.2, 0.25) is 0 Å². The number of rotatable bonds is 4. The Hall–Kier alpha value is -1.63. The van der Waals surface area contributed by atoms with Crippen LogP contribution in [0.4, 0.5) is 5.69 Å². The van der Waals surface area contributed by atoms with Crippen LogP contribution in [0, 0.1) is 10.1 Å². The fourth-order valence-corrected chi connectivity index (χ4v) is 2.48. The van der Waals surface area contributed by atoms with E-state index in [1.165, 1.54) is 17.4 Å². The predicted octanol–water partition coefficient (Wildman–Crippen LogP) is 4.57. The molecule has 0 atom stereocenters. The molecular formula is C11H5Cl2NO4S. The molecule has 0 bridgehead atoms. The van der Waals surface area contributed by atoms with E-state index in [1.54, 1.807) is 5.38 Å². The molecule has 0 aliphatic carbocycles. The van der Waals surface area contributed by atoms with Crippen molar-refractivity contribution in [1.29, 1.82) is 0 Å². The smallest absolute Gasteiger partial charge is 0.272 e. The normalized spacial score (nSPS) is 10.2. The molecule has 8 heteroatoms. The predicted molar refractivity (Wildman–Crippen MR) is 72.9 cm³/mol. The molecular weight excluding hydrogens is 313 g/mol. The third kappa shape index (κ3) is 3.04. The molecule has 1 aromatic carbocycles. The van der Waals surface area contributed by atoms with Gasteiger partial charge in [-0.1, -0.05) is 23.2 Å². The number of aldehydes is 1. The number of nitrogens with zero attached hydrogens (tertiary/aromatic N) is 1. The van der Waals surface area contributed by atoms with Crippen LogP contribution in [0.15, 0.2) is 23.6 Å². The van der Waals surface area contributed by atoms with E-state index in [4.69, 9.17) is 27.9 Å². The SMILES string of the molecule is O=Cc1cc(Oc2c(Cl)cc([N+](=O)[O-])cc2Cl)cs1. The molecule has 0 aliphatic rings. The molecule has 0 N–H and O–H groups in total. The molecule has 0 saturated heterocycles. The molecule has 0 amide bonds. The summed E-state index contributed by atoms with van der Waals surface area (Å²) >= 11 is 13.0. The standard InChI is InChI=1S/C11H5Cl2NO4S/c12-9-1-6(14(16)17)2-10(13)11(9)18-7-3-8(4-15)19-5-7/h1-5H. The summed E-state index contributed by atoms with van der Waals surface area (Å²) in [6.45, 7) is 0. The number of carbonyl (C=O) groups excluding carboxylic acids is 1. The van der Waals surface area contributed by atoms with Crippen molar-refractivity contribution in [1.82, 2.24) is 0 Å². The highest BCUT2D eigenvalue weighted by Crippen LogP contribution is 2.40. The summed E-state index contributed by atoms with van der Waals surface area (Å²) in [4.78, 5) is 21.1. The quantitative estimate of drug-likeness (QED) is 0.470. The van der Waals surface area contributed by atoms with Gasteiger partial charge in [-0.2, -0.15) is 0 Å². The number of nitro groups is 1. The van der Waals surface area contributed by atoms with Crippen LogP contribution >= 0.6 is 34.5 Å². The lowest BCUT2D eigenvalue weighted by Gasteiger charge is -2.07. The van der Waals surface area contributed by atoms with Crippen LogP contribution in [0.5, 0.6) is 11.5 Å². The minimum atomic E-state index is -0.601. The average Bonchev–Trinajstić information content (AvgIpc) is 2.81. The number of non-ortho nitro benzene ring substituents is 1. The molecule has 19 heavy (non-hydrogen) atoms. The lowest BCUT2D eigenvalue weighted by atomic mass is 10.3. The summed E-state index contributed by atoms with van der Waals surface area (Å²) in [5.41, 5.74) is -0.221. The van der Waals surface area contributed by atoms with Gasteiger partial charge in [0.05, 0.1) is 19.8 Å². The number of ether oxygens (including phenoxy) is 1. The minimum absolute atomic E-state index is 0.0260. The van der Waals surface area contributed by atoms with Gasteiger partial charge in [-0.05, 0) is 0 Å². The first-order valence-electron chi connectivity index (χ1n) is 4.86. The first-order chi connectivity index (χ1) is 9.01. The Morgan fingerprint density at radius 2 is 1.89 bits per heavy atom. The van der Waals surface area contributed by atoms with E-state index in [9.17, 15) is 14.9 Å². The maximum atomic E-state index is 10.6. The van der Waals surface area contributed by atoms with Gasteiger partial charge >= 0.3 is 0 Å². The fourth-order valence-electron chi connectivity index (χ4n) is 1.32. The maximum Gasteiger partial charge on any atom is 0.272 e. The van der Waals surface area contributed by atoms with E-state index in [0.29, 0.717) is 16.9 Å². The van der Waals surface area contributed by atoms with E-state index < -0.39 is 4.92 Å². The molecule has 1 aromatic heterocycles. The lowest BCUT2D eigenvalue weighted by Crippen LogP contribution is -1.91. The Kier molecular flexibility index (Phi) is 4.04. The van der Waals surface area contributed by atoms with Crippen LogP contribution in [0.2, 0.25) is 10.0 Å². The molecule has 0 radical (unpaired) electrons. The van der Waals surface area contributed by atoms with Gasteiger partial charge < -0.3 is 4.74 Å². The van der Waals surface area contributed by atoms with Crippen LogP contribution in [-0.4, -0.2) is 11.2 Å². The summed E-state index contributed by atoms with van der Waals surface area (Å²) in [5.74, 6) is 0.508. The van der Waals surface area contributed by atoms with E-state index in [0.717, 1.165) is 12.1 Å². The van der Waals surface area contributed by atoms with E-state index in [-0.39, 0.29) is 21.5 Å². The topological polar surface area (TPSA) is 69.4 Å². The van der Waals surface area contributed by atoms with Gasteiger partial charge in [0, 0.05) is 23.6 Å². The number of carbonyl (C=O) groups is 1. The van der Waals surface area contributed by atoms with Crippen LogP contribution < -0.4 is 4.74 Å². The number of thiophene rings is 1. The number of hydrogen-bond donors (Lipinski definition) is 0. The third-order valence-corrected chi connectivity index (χ3v) is 3.52. The fraction of sp³-hybridized carbons (Fsp3) is 0. The van der Waals surface area contributed by atoms with Gasteiger partial charge in [-0.25, -0.2) is 0 Å². The van der Waals surface area contributed by atoms with Gasteiger partial charge in [-0.15, -0.1) is 11.3 Å². The highest BCUT2D eigenvalue weighted by molar-refractivity contribution is 7.11. The molecule has 2 rings (SSSR count). The Morgan fingerprint density at radius 3 is 2.37 bits per heavy atom. The van der Waals surface area contributed by atoms with Crippen LogP contribution in [0.3, 0.4) is 0 Å². The van der Waals surface area contributed by atoms with Gasteiger partial charge in [0.25, 0.3) is 5.69 Å². The minimum Gasteiger partial charge on any atom is -0.453 e. The van der Waals surface area contributed by atoms with Crippen molar-refractivity contribution in [2.75, 3.05) is 0 Å². The monoisotopic (exact) mass is 317 g/mol. The highest BCUT2D eigenvalue weighted by Gasteiger charge is 2.16. The lowest BCUT2D eigenvalue weighted by molar-refractivity contribution is -0.384. The van der Waals surface area contributed by atoms with Crippen molar-refractivity contribution in [3.8, 4) is 11.5 Å². The van der Waals surface area contributed by atoms with Gasteiger partial charge in [0.15, 0.2) is 12.0 Å². The van der Waals surface area contributed by atoms with Crippen LogP contribution in [0.1, 0.15) is 9.67 Å². The Bertz CT molecular complexity index is 633. The Morgan fingerprint density at radius 1 is 1.26 bits per heavy atom. The Balaban J connectivity index is 2.35. The summed E-state index contributed by atoms with van der Waals surface area (Å²) in [6.07, 6.45) is 0.691. The second-order valence-corrected chi connectivity index (χ2v) is 5.16. The van der Waals surface area contributed by atoms with Crippen molar-refractivity contribution in [2.24, 2.45) is 0 Å². The third-order valence-electron chi connectivity index (χ3n) is 2.13. The molecule has 0 spiro atoms. The van der Waals surface area contributed by atoms with Crippen molar-refractivity contribution >= 4 is 46.5 Å².